The van der Waals surface area contributed by atoms with Gasteiger partial charge in [0.2, 0.25) is 0 Å². The van der Waals surface area contributed by atoms with E-state index in [1.807, 2.05) is 59.7 Å². The Morgan fingerprint density at radius 1 is 1.14 bits per heavy atom. The zero-order chi connectivity index (χ0) is 15.4. The fourth-order valence-electron chi connectivity index (χ4n) is 2.27. The predicted molar refractivity (Wildman–Crippen MR) is 87.8 cm³/mol. The highest BCUT2D eigenvalue weighted by atomic mass is 32.1. The number of thiophene rings is 1. The Morgan fingerprint density at radius 2 is 1.95 bits per heavy atom. The predicted octanol–water partition coefficient (Wildman–Crippen LogP) is 4.49. The summed E-state index contributed by atoms with van der Waals surface area (Å²) in [5.41, 5.74) is 2.98. The Morgan fingerprint density at radius 3 is 2.59 bits per heavy atom. The lowest BCUT2D eigenvalue weighted by atomic mass is 10.1. The van der Waals surface area contributed by atoms with Gasteiger partial charge >= 0.3 is 0 Å². The minimum absolute atomic E-state index is 0.0163. The van der Waals surface area contributed by atoms with Crippen LogP contribution in [0.5, 0.6) is 0 Å². The minimum Gasteiger partial charge on any atom is -0.467 e. The molecule has 0 saturated carbocycles. The first-order valence-corrected chi connectivity index (χ1v) is 8.06. The van der Waals surface area contributed by atoms with Crippen molar-refractivity contribution in [3.05, 3.63) is 81.9 Å². The molecule has 2 aromatic heterocycles. The second-order valence-electron chi connectivity index (χ2n) is 5.24. The Hall–Kier alpha value is -2.33. The maximum absolute atomic E-state index is 12.8. The molecule has 4 heteroatoms. The van der Waals surface area contributed by atoms with E-state index in [-0.39, 0.29) is 5.91 Å². The van der Waals surface area contributed by atoms with E-state index < -0.39 is 0 Å². The monoisotopic (exact) mass is 311 g/mol. The number of benzene rings is 1. The van der Waals surface area contributed by atoms with Gasteiger partial charge in [-0.15, -0.1) is 0 Å². The van der Waals surface area contributed by atoms with Crippen molar-refractivity contribution < 1.29 is 9.21 Å². The zero-order valence-electron chi connectivity index (χ0n) is 12.4. The van der Waals surface area contributed by atoms with Crippen LogP contribution in [0.1, 0.15) is 27.2 Å². The van der Waals surface area contributed by atoms with E-state index in [2.05, 4.69) is 5.38 Å². The summed E-state index contributed by atoms with van der Waals surface area (Å²) in [6.45, 7) is 3.06. The van der Waals surface area contributed by atoms with Crippen molar-refractivity contribution in [3.8, 4) is 0 Å². The number of aryl methyl sites for hydroxylation is 1. The molecule has 0 aliphatic rings. The molecule has 0 aliphatic carbocycles. The van der Waals surface area contributed by atoms with E-state index >= 15 is 0 Å². The number of carbonyl (C=O) groups excluding carboxylic acids is 1. The molecule has 3 nitrogen and oxygen atoms in total. The molecule has 0 fully saturated rings. The van der Waals surface area contributed by atoms with Crippen LogP contribution < -0.4 is 0 Å². The van der Waals surface area contributed by atoms with Gasteiger partial charge in [0.1, 0.15) is 5.76 Å². The average molecular weight is 311 g/mol. The second kappa shape index (κ2) is 6.62. The standard InChI is InChI=1S/C18H17NO2S/c1-14-4-6-16(7-5-14)18(20)19(11-15-8-10-22-13-15)12-17-3-2-9-21-17/h2-10,13H,11-12H2,1H3. The van der Waals surface area contributed by atoms with Crippen LogP contribution in [0.2, 0.25) is 0 Å². The van der Waals surface area contributed by atoms with E-state index in [9.17, 15) is 4.79 Å². The van der Waals surface area contributed by atoms with Gasteiger partial charge in [-0.3, -0.25) is 4.79 Å². The van der Waals surface area contributed by atoms with Crippen LogP contribution in [-0.4, -0.2) is 10.8 Å². The third-order valence-electron chi connectivity index (χ3n) is 3.47. The first-order valence-electron chi connectivity index (χ1n) is 7.12. The van der Waals surface area contributed by atoms with E-state index in [1.54, 1.807) is 17.6 Å². The van der Waals surface area contributed by atoms with Crippen LogP contribution in [0.3, 0.4) is 0 Å². The molecule has 3 rings (SSSR count). The van der Waals surface area contributed by atoms with Crippen molar-refractivity contribution in [1.82, 2.24) is 4.90 Å². The zero-order valence-corrected chi connectivity index (χ0v) is 13.2. The number of rotatable bonds is 5. The van der Waals surface area contributed by atoms with E-state index in [0.717, 1.165) is 16.9 Å². The minimum atomic E-state index is 0.0163. The third-order valence-corrected chi connectivity index (χ3v) is 4.20. The molecule has 0 aliphatic heterocycles. The van der Waals surface area contributed by atoms with Crippen molar-refractivity contribution in [1.29, 1.82) is 0 Å². The number of nitrogens with zero attached hydrogens (tertiary/aromatic N) is 1. The first-order chi connectivity index (χ1) is 10.7. The molecule has 0 radical (unpaired) electrons. The van der Waals surface area contributed by atoms with Crippen molar-refractivity contribution in [2.24, 2.45) is 0 Å². The van der Waals surface area contributed by atoms with Crippen LogP contribution in [0.4, 0.5) is 0 Å². The second-order valence-corrected chi connectivity index (χ2v) is 6.02. The summed E-state index contributed by atoms with van der Waals surface area (Å²) in [7, 11) is 0. The van der Waals surface area contributed by atoms with Gasteiger partial charge in [0.25, 0.3) is 5.91 Å². The molecule has 0 spiro atoms. The van der Waals surface area contributed by atoms with Crippen molar-refractivity contribution in [3.63, 3.8) is 0 Å². The molecular formula is C18H17NO2S. The fraction of sp³-hybridized carbons (Fsp3) is 0.167. The fourth-order valence-corrected chi connectivity index (χ4v) is 2.93. The number of furan rings is 1. The van der Waals surface area contributed by atoms with E-state index in [1.165, 1.54) is 0 Å². The summed E-state index contributed by atoms with van der Waals surface area (Å²) in [4.78, 5) is 14.6. The number of amides is 1. The molecule has 0 bridgehead atoms. The lowest BCUT2D eigenvalue weighted by molar-refractivity contribution is 0.0718. The smallest absolute Gasteiger partial charge is 0.254 e. The quantitative estimate of drug-likeness (QED) is 0.695. The van der Waals surface area contributed by atoms with Gasteiger partial charge in [0.15, 0.2) is 0 Å². The van der Waals surface area contributed by atoms with Gasteiger partial charge in [-0.2, -0.15) is 11.3 Å². The molecule has 2 heterocycles. The molecule has 1 amide bonds. The molecule has 3 aromatic rings. The van der Waals surface area contributed by atoms with Gasteiger partial charge in [0.05, 0.1) is 12.8 Å². The SMILES string of the molecule is Cc1ccc(C(=O)N(Cc2ccsc2)Cc2ccco2)cc1. The summed E-state index contributed by atoms with van der Waals surface area (Å²) < 4.78 is 5.40. The number of carbonyl (C=O) groups is 1. The van der Waals surface area contributed by atoms with Gasteiger partial charge in [-0.05, 0) is 53.6 Å². The molecule has 22 heavy (non-hydrogen) atoms. The Labute approximate surface area is 133 Å². The highest BCUT2D eigenvalue weighted by Crippen LogP contribution is 2.16. The van der Waals surface area contributed by atoms with E-state index in [4.69, 9.17) is 4.42 Å². The summed E-state index contributed by atoms with van der Waals surface area (Å²) >= 11 is 1.64. The van der Waals surface area contributed by atoms with Gasteiger partial charge in [-0.1, -0.05) is 17.7 Å². The summed E-state index contributed by atoms with van der Waals surface area (Å²) in [5, 5.41) is 4.09. The van der Waals surface area contributed by atoms with Crippen molar-refractivity contribution >= 4 is 17.2 Å². The highest BCUT2D eigenvalue weighted by molar-refractivity contribution is 7.07. The molecule has 112 valence electrons. The Kier molecular flexibility index (Phi) is 4.39. The van der Waals surface area contributed by atoms with Crippen LogP contribution in [0.15, 0.2) is 63.9 Å². The number of hydrogen-bond donors (Lipinski definition) is 0. The highest BCUT2D eigenvalue weighted by Gasteiger charge is 2.17. The summed E-state index contributed by atoms with van der Waals surface area (Å²) in [5.74, 6) is 0.804. The van der Waals surface area contributed by atoms with Crippen LogP contribution >= 0.6 is 11.3 Å². The molecule has 0 saturated heterocycles. The van der Waals surface area contributed by atoms with Gasteiger partial charge in [0, 0.05) is 12.1 Å². The maximum atomic E-state index is 12.8. The third kappa shape index (κ3) is 3.46. The molecule has 1 aromatic carbocycles. The van der Waals surface area contributed by atoms with E-state index in [0.29, 0.717) is 18.7 Å². The Bertz CT molecular complexity index is 679. The van der Waals surface area contributed by atoms with Crippen LogP contribution in [0, 0.1) is 6.92 Å². The Balaban J connectivity index is 1.83. The first kappa shape index (κ1) is 14.6. The lowest BCUT2D eigenvalue weighted by Gasteiger charge is -2.21. The van der Waals surface area contributed by atoms with Crippen LogP contribution in [0.25, 0.3) is 0 Å². The maximum Gasteiger partial charge on any atom is 0.254 e. The molecular weight excluding hydrogens is 294 g/mol. The lowest BCUT2D eigenvalue weighted by Crippen LogP contribution is -2.29. The summed E-state index contributed by atoms with van der Waals surface area (Å²) in [6.07, 6.45) is 1.63. The van der Waals surface area contributed by atoms with Crippen LogP contribution in [-0.2, 0) is 13.1 Å². The molecule has 0 unspecified atom stereocenters. The molecule has 0 atom stereocenters. The van der Waals surface area contributed by atoms with Crippen molar-refractivity contribution in [2.75, 3.05) is 0 Å². The normalized spacial score (nSPS) is 10.6. The van der Waals surface area contributed by atoms with Gasteiger partial charge in [-0.25, -0.2) is 0 Å². The summed E-state index contributed by atoms with van der Waals surface area (Å²) in [6, 6.07) is 13.5. The van der Waals surface area contributed by atoms with Crippen molar-refractivity contribution in [2.45, 2.75) is 20.0 Å². The largest absolute Gasteiger partial charge is 0.467 e. The number of hydrogen-bond acceptors (Lipinski definition) is 3. The average Bonchev–Trinajstić information content (AvgIpc) is 3.20. The molecule has 0 N–H and O–H groups in total. The topological polar surface area (TPSA) is 33.5 Å². The van der Waals surface area contributed by atoms with Gasteiger partial charge < -0.3 is 9.32 Å².